The summed E-state index contributed by atoms with van der Waals surface area (Å²) in [4.78, 5) is 54.8. The minimum absolute atomic E-state index is 0.215. The number of benzene rings is 8. The molecule has 2 bridgehead atoms. The number of hydrogen-bond acceptors (Lipinski definition) is 14. The third kappa shape index (κ3) is 28.1. The van der Waals surface area contributed by atoms with Gasteiger partial charge in [-0.05, 0) is 226 Å². The van der Waals surface area contributed by atoms with Crippen LogP contribution in [0.2, 0.25) is 0 Å². The van der Waals surface area contributed by atoms with Crippen LogP contribution in [-0.2, 0) is 36.1 Å². The van der Waals surface area contributed by atoms with Crippen molar-refractivity contribution >= 4 is 17.9 Å². The van der Waals surface area contributed by atoms with Crippen LogP contribution in [0.4, 0.5) is 0 Å². The molecule has 0 unspecified atom stereocenters. The highest BCUT2D eigenvalue weighted by Crippen LogP contribution is 2.57. The smallest absolute Gasteiger partial charge is 0.343 e. The lowest BCUT2D eigenvalue weighted by molar-refractivity contribution is -0.134. The summed E-state index contributed by atoms with van der Waals surface area (Å²) in [5.74, 6) is 5.25. The Morgan fingerprint density at radius 1 is 0.330 bits per heavy atom. The van der Waals surface area contributed by atoms with E-state index in [4.69, 9.17) is 33.2 Å². The molecule has 3 saturated carbocycles. The number of fused-ring (bicyclic) bond motifs is 3. The Morgan fingerprint density at radius 3 is 1.20 bits per heavy atom. The molecular formula is C98H116N4O10. The molecule has 0 atom stereocenters. The first-order valence-corrected chi connectivity index (χ1v) is 41.2. The number of nitrogens with zero attached hydrogens (tertiary/aromatic N) is 4. The van der Waals surface area contributed by atoms with Crippen molar-refractivity contribution in [3.63, 3.8) is 0 Å². The summed E-state index contributed by atoms with van der Waals surface area (Å²) in [5, 5.41) is 0. The van der Waals surface area contributed by atoms with Crippen LogP contribution in [0.25, 0.3) is 22.3 Å². The van der Waals surface area contributed by atoms with Gasteiger partial charge in [-0.25, -0.2) is 29.5 Å². The van der Waals surface area contributed by atoms with Crippen molar-refractivity contribution in [2.45, 2.75) is 227 Å². The Balaban J connectivity index is 0.000000180. The molecule has 0 aliphatic heterocycles. The molecule has 0 spiro atoms. The fraction of sp³-hybridized carbons (Fsp3) is 0.398. The van der Waals surface area contributed by atoms with E-state index in [1.807, 2.05) is 60.7 Å². The molecule has 112 heavy (non-hydrogen) atoms. The first kappa shape index (κ1) is 84.0. The first-order chi connectivity index (χ1) is 54.7. The monoisotopic (exact) mass is 1510 g/mol. The third-order valence-corrected chi connectivity index (χ3v) is 21.4. The van der Waals surface area contributed by atoms with E-state index in [0.717, 1.165) is 116 Å². The standard InChI is InChI=1S/C35H40N2O4.C34H38N2O3.C29H38O3/c1-3-4-5-6-8-23-40-33-25-36-34(37-26-33)10-7-9-24-39-31-19-17-30(18-20-31)35(38)41-32-21-15-29(16-22-32)28-13-11-27(2)12-14-28;1-3-4-5-6-7-8-34(37)39-32-23-35-33(36-24-32)22-15-27-11-16-29(17-12-27)30-18-13-28(14-19-30)25-38-31-20-9-26(2)10-21-31;1-3-4-5-6-7-22-31-25-12-14-26(15-13-25)32-27(30)23-8-10-24(11-9-23)29-19-16-28(2,17-20-29)18-21-29/h11-22,25-26H,3-10,23-24H2,1-2H3;9-14,16-21,23-24H,3-8,15,22,25H2,1-2H3;8-15H,3-7,16-22H2,1-2H3. The van der Waals surface area contributed by atoms with Crippen LogP contribution >= 0.6 is 0 Å². The Kier molecular flexibility index (Phi) is 33.9. The van der Waals surface area contributed by atoms with Crippen LogP contribution in [0.3, 0.4) is 0 Å². The molecule has 3 fully saturated rings. The predicted molar refractivity (Wildman–Crippen MR) is 448 cm³/mol. The van der Waals surface area contributed by atoms with Crippen molar-refractivity contribution in [2.75, 3.05) is 19.8 Å². The van der Waals surface area contributed by atoms with Gasteiger partial charge in [0.15, 0.2) is 11.5 Å². The number of carbonyl (C=O) groups excluding carboxylic acids is 3. The second kappa shape index (κ2) is 45.1. The number of aryl methyl sites for hydroxylation is 5. The fourth-order valence-corrected chi connectivity index (χ4v) is 14.1. The normalized spacial score (nSPS) is 14.7. The van der Waals surface area contributed by atoms with Gasteiger partial charge in [-0.15, -0.1) is 0 Å². The number of aromatic nitrogens is 4. The number of hydrogen-bond donors (Lipinski definition) is 0. The van der Waals surface area contributed by atoms with Crippen molar-refractivity contribution in [3.8, 4) is 62.5 Å². The van der Waals surface area contributed by atoms with Crippen LogP contribution in [-0.4, -0.2) is 57.7 Å². The Morgan fingerprint density at radius 2 is 0.696 bits per heavy atom. The molecule has 3 aliphatic carbocycles. The second-order valence-electron chi connectivity index (χ2n) is 30.5. The maximum absolute atomic E-state index is 12.6. The molecule has 0 radical (unpaired) electrons. The molecule has 14 nitrogen and oxygen atoms in total. The molecule has 8 aromatic carbocycles. The van der Waals surface area contributed by atoms with Gasteiger partial charge < -0.3 is 33.2 Å². The van der Waals surface area contributed by atoms with E-state index in [9.17, 15) is 14.4 Å². The topological polar surface area (TPSA) is 167 Å². The highest BCUT2D eigenvalue weighted by molar-refractivity contribution is 5.92. The number of esters is 3. The SMILES string of the molecule is CCCCCCCC(=O)Oc1cnc(CCc2ccc(-c3ccc(COc4ccc(C)cc4)cc3)cc2)nc1.CCCCCCCOc1ccc(OC(=O)c2ccc(C34CCC(C)(CC3)CC4)cc2)cc1.CCCCCCCOc1cnc(CCCCOc2ccc(C(=O)Oc3ccc(-c4ccc(C)cc4)cc3)cc2)nc1. The summed E-state index contributed by atoms with van der Waals surface area (Å²) in [7, 11) is 0. The highest BCUT2D eigenvalue weighted by Gasteiger charge is 2.47. The molecule has 13 rings (SSSR count). The zero-order chi connectivity index (χ0) is 78.4. The lowest BCUT2D eigenvalue weighted by Crippen LogP contribution is -2.42. The zero-order valence-electron chi connectivity index (χ0n) is 67.1. The number of ether oxygens (including phenoxy) is 7. The third-order valence-electron chi connectivity index (χ3n) is 21.4. The van der Waals surface area contributed by atoms with Gasteiger partial charge in [-0.1, -0.05) is 225 Å². The van der Waals surface area contributed by atoms with Gasteiger partial charge in [0.2, 0.25) is 0 Å². The molecule has 2 heterocycles. The summed E-state index contributed by atoms with van der Waals surface area (Å²) in [6, 6.07) is 63.7. The first-order valence-electron chi connectivity index (χ1n) is 41.2. The summed E-state index contributed by atoms with van der Waals surface area (Å²) in [6.07, 6.45) is 36.8. The second-order valence-corrected chi connectivity index (χ2v) is 30.5. The van der Waals surface area contributed by atoms with Gasteiger partial charge in [-0.2, -0.15) is 0 Å². The summed E-state index contributed by atoms with van der Waals surface area (Å²) in [5.41, 5.74) is 12.7. The average Bonchev–Trinajstić information content (AvgIpc) is 0.752. The van der Waals surface area contributed by atoms with E-state index in [1.54, 1.807) is 61.2 Å². The van der Waals surface area contributed by atoms with E-state index in [2.05, 4.69) is 159 Å². The van der Waals surface area contributed by atoms with E-state index in [-0.39, 0.29) is 11.9 Å². The van der Waals surface area contributed by atoms with Crippen molar-refractivity contribution < 1.29 is 47.5 Å². The highest BCUT2D eigenvalue weighted by atomic mass is 16.5. The Bertz CT molecular complexity index is 4360. The minimum atomic E-state index is -0.400. The van der Waals surface area contributed by atoms with Crippen molar-refractivity contribution in [1.29, 1.82) is 0 Å². The van der Waals surface area contributed by atoms with Gasteiger partial charge in [-0.3, -0.25) is 4.79 Å². The number of rotatable bonds is 40. The van der Waals surface area contributed by atoms with Gasteiger partial charge >= 0.3 is 17.9 Å². The van der Waals surface area contributed by atoms with Gasteiger partial charge in [0.25, 0.3) is 0 Å². The predicted octanol–water partition coefficient (Wildman–Crippen LogP) is 24.4. The number of carbonyl (C=O) groups is 3. The maximum atomic E-state index is 12.6. The summed E-state index contributed by atoms with van der Waals surface area (Å²) < 4.78 is 39.8. The summed E-state index contributed by atoms with van der Waals surface area (Å²) in [6.45, 7) is 15.8. The lowest BCUT2D eigenvalue weighted by atomic mass is 9.52. The molecule has 10 aromatic rings. The van der Waals surface area contributed by atoms with Gasteiger partial charge in [0.1, 0.15) is 47.0 Å². The maximum Gasteiger partial charge on any atom is 0.343 e. The van der Waals surface area contributed by atoms with E-state index >= 15 is 0 Å². The number of unbranched alkanes of at least 4 members (excludes halogenated alkanes) is 13. The van der Waals surface area contributed by atoms with Crippen LogP contribution in [0, 0.1) is 19.3 Å². The fourth-order valence-electron chi connectivity index (χ4n) is 14.1. The van der Waals surface area contributed by atoms with E-state index in [1.165, 1.54) is 143 Å². The lowest BCUT2D eigenvalue weighted by Gasteiger charge is -2.52. The van der Waals surface area contributed by atoms with Crippen LogP contribution < -0.4 is 33.2 Å². The molecule has 2 aromatic heterocycles. The van der Waals surface area contributed by atoms with Gasteiger partial charge in [0, 0.05) is 19.3 Å². The molecule has 0 saturated heterocycles. The molecular weight excluding hydrogens is 1390 g/mol. The van der Waals surface area contributed by atoms with Crippen LogP contribution in [0.15, 0.2) is 219 Å². The minimum Gasteiger partial charge on any atom is -0.494 e. The van der Waals surface area contributed by atoms with E-state index < -0.39 is 5.97 Å². The zero-order valence-corrected chi connectivity index (χ0v) is 67.1. The molecule has 0 N–H and O–H groups in total. The molecule has 14 heteroatoms. The van der Waals surface area contributed by atoms with Gasteiger partial charge in [0.05, 0.1) is 55.7 Å². The Labute approximate surface area is 665 Å². The molecule has 588 valence electrons. The molecule has 0 amide bonds. The van der Waals surface area contributed by atoms with Crippen LogP contribution in [0.5, 0.6) is 40.2 Å². The van der Waals surface area contributed by atoms with Crippen molar-refractivity contribution in [1.82, 2.24) is 19.9 Å². The Hall–Kier alpha value is -10.5. The van der Waals surface area contributed by atoms with Crippen molar-refractivity contribution in [3.05, 3.63) is 270 Å². The quantitative estimate of drug-likeness (QED) is 0.0202. The van der Waals surface area contributed by atoms with E-state index in [0.29, 0.717) is 65.4 Å². The van der Waals surface area contributed by atoms with Crippen LogP contribution in [0.1, 0.15) is 242 Å². The largest absolute Gasteiger partial charge is 0.494 e. The molecule has 3 aliphatic rings. The summed E-state index contributed by atoms with van der Waals surface area (Å²) >= 11 is 0. The average molecular weight is 1510 g/mol. The van der Waals surface area contributed by atoms with Crippen molar-refractivity contribution in [2.24, 2.45) is 5.41 Å².